The van der Waals surface area contributed by atoms with E-state index in [0.29, 0.717) is 6.54 Å². The zero-order valence-electron chi connectivity index (χ0n) is 19.5. The number of benzene rings is 2. The Morgan fingerprint density at radius 2 is 1.83 bits per heavy atom. The Kier molecular flexibility index (Phi) is 4.57. The molecule has 0 atom stereocenters. The number of pyridine rings is 1. The van der Waals surface area contributed by atoms with Gasteiger partial charge in [0.05, 0.1) is 36.0 Å². The number of allylic oxidation sites excluding steroid dienone is 2. The lowest BCUT2D eigenvalue weighted by Crippen LogP contribution is -2.26. The largest absolute Gasteiger partial charge is 0.352 e. The number of hydrogen-bond acceptors (Lipinski definition) is 6. The number of nitrogens with zero attached hydrogens (tertiary/aromatic N) is 4. The molecule has 0 radical (unpaired) electrons. The number of fused-ring (bicyclic) bond motifs is 3. The Bertz CT molecular complexity index is 1540. The molecular weight excluding hydrogens is 434 g/mol. The fourth-order valence-corrected chi connectivity index (χ4v) is 5.30. The monoisotopic (exact) mass is 459 g/mol. The summed E-state index contributed by atoms with van der Waals surface area (Å²) >= 11 is 0. The van der Waals surface area contributed by atoms with Crippen LogP contribution in [-0.4, -0.2) is 20.5 Å². The van der Waals surface area contributed by atoms with Gasteiger partial charge in [0.1, 0.15) is 5.71 Å². The number of rotatable bonds is 0. The van der Waals surface area contributed by atoms with Crippen LogP contribution < -0.4 is 16.1 Å². The summed E-state index contributed by atoms with van der Waals surface area (Å²) in [5.41, 5.74) is 16.9. The Labute approximate surface area is 203 Å². The molecule has 7 nitrogen and oxygen atoms in total. The van der Waals surface area contributed by atoms with E-state index in [-0.39, 0.29) is 0 Å². The fourth-order valence-electron chi connectivity index (χ4n) is 5.30. The van der Waals surface area contributed by atoms with Gasteiger partial charge in [0, 0.05) is 43.0 Å². The molecule has 172 valence electrons. The molecule has 3 N–H and O–H groups in total. The molecule has 4 aliphatic heterocycles. The van der Waals surface area contributed by atoms with Crippen molar-refractivity contribution in [2.45, 2.75) is 26.1 Å². The van der Waals surface area contributed by atoms with Crippen molar-refractivity contribution in [1.29, 1.82) is 0 Å². The second kappa shape index (κ2) is 7.92. The lowest BCUT2D eigenvalue weighted by atomic mass is 9.91. The van der Waals surface area contributed by atoms with Crippen molar-refractivity contribution in [2.75, 3.05) is 5.32 Å². The summed E-state index contributed by atoms with van der Waals surface area (Å²) in [6.07, 6.45) is 8.92. The summed E-state index contributed by atoms with van der Waals surface area (Å²) in [6.45, 7) is 2.21. The molecule has 4 aromatic rings. The molecule has 0 fully saturated rings. The number of aryl methyl sites for hydroxylation is 1. The van der Waals surface area contributed by atoms with Gasteiger partial charge in [0.2, 0.25) is 0 Å². The predicted molar refractivity (Wildman–Crippen MR) is 138 cm³/mol. The maximum atomic E-state index is 4.74. The maximum Gasteiger partial charge on any atom is 0.114 e. The minimum Gasteiger partial charge on any atom is -0.352 e. The van der Waals surface area contributed by atoms with Crippen LogP contribution in [0.2, 0.25) is 0 Å². The molecule has 4 aliphatic rings. The summed E-state index contributed by atoms with van der Waals surface area (Å²) in [4.78, 5) is 4.57. The number of aromatic nitrogens is 3. The first-order valence-electron chi connectivity index (χ1n) is 11.9. The molecule has 0 amide bonds. The second-order valence-corrected chi connectivity index (χ2v) is 9.26. The van der Waals surface area contributed by atoms with Crippen LogP contribution in [-0.2, 0) is 33.1 Å². The summed E-state index contributed by atoms with van der Waals surface area (Å²) < 4.78 is 1.97. The zero-order valence-corrected chi connectivity index (χ0v) is 19.5. The normalized spacial score (nSPS) is 15.8. The first-order valence-corrected chi connectivity index (χ1v) is 11.9. The van der Waals surface area contributed by atoms with Gasteiger partial charge < -0.3 is 16.1 Å². The van der Waals surface area contributed by atoms with Gasteiger partial charge in [0.25, 0.3) is 0 Å². The van der Waals surface area contributed by atoms with Gasteiger partial charge in [-0.1, -0.05) is 36.4 Å². The smallest absolute Gasteiger partial charge is 0.114 e. The highest BCUT2D eigenvalue weighted by Crippen LogP contribution is 2.35. The van der Waals surface area contributed by atoms with Gasteiger partial charge in [-0.2, -0.15) is 10.2 Å². The van der Waals surface area contributed by atoms with E-state index in [1.807, 2.05) is 30.3 Å². The van der Waals surface area contributed by atoms with Crippen LogP contribution in [0.3, 0.4) is 0 Å². The van der Waals surface area contributed by atoms with E-state index in [1.165, 1.54) is 22.3 Å². The molecule has 0 unspecified atom stereocenters. The SMILES string of the molecule is Cn1ncc2c1CNCc1cccc(c1)-c1cncc3c1CC=C(N3)C1=NNCc3ccc-2cc31. The molecule has 0 spiro atoms. The first-order chi connectivity index (χ1) is 17.2. The van der Waals surface area contributed by atoms with Crippen LogP contribution >= 0.6 is 0 Å². The Hall–Kier alpha value is -4.23. The van der Waals surface area contributed by atoms with Crippen LogP contribution in [0.4, 0.5) is 5.69 Å². The van der Waals surface area contributed by atoms with Crippen molar-refractivity contribution >= 4 is 11.4 Å². The molecule has 8 rings (SSSR count). The van der Waals surface area contributed by atoms with E-state index >= 15 is 0 Å². The van der Waals surface area contributed by atoms with E-state index in [2.05, 4.69) is 74.7 Å². The van der Waals surface area contributed by atoms with Crippen LogP contribution in [0.1, 0.15) is 27.9 Å². The minimum absolute atomic E-state index is 0.714. The zero-order chi connectivity index (χ0) is 23.4. The van der Waals surface area contributed by atoms with Gasteiger partial charge >= 0.3 is 0 Å². The van der Waals surface area contributed by atoms with Crippen LogP contribution in [0.25, 0.3) is 22.3 Å². The van der Waals surface area contributed by atoms with Gasteiger partial charge in [0.15, 0.2) is 0 Å². The molecule has 7 heteroatoms. The van der Waals surface area contributed by atoms with Crippen LogP contribution in [0.15, 0.2) is 77.9 Å². The summed E-state index contributed by atoms with van der Waals surface area (Å²) in [5.74, 6) is 0. The number of hydrogen-bond donors (Lipinski definition) is 3. The molecule has 0 saturated carbocycles. The summed E-state index contributed by atoms with van der Waals surface area (Å²) in [5, 5.41) is 16.6. The van der Waals surface area contributed by atoms with Gasteiger partial charge in [-0.3, -0.25) is 9.67 Å². The van der Waals surface area contributed by atoms with Gasteiger partial charge in [-0.25, -0.2) is 0 Å². The standard InChI is InChI=1S/C28H25N7/c1-35-27-16-29-11-17-3-2-4-18(9-17)23-13-30-15-26-21(23)7-8-25(33-26)28-22-10-19(24(27)14-32-35)5-6-20(22)12-31-34-28/h2-6,8-10,13-15,29,31,33H,7,11-12,16H2,1H3. The third kappa shape index (κ3) is 3.35. The number of hydrazone groups is 1. The average Bonchev–Trinajstić information content (AvgIpc) is 3.27. The lowest BCUT2D eigenvalue weighted by molar-refractivity contribution is 0.627. The molecule has 0 aliphatic carbocycles. The molecule has 6 heterocycles. The summed E-state index contributed by atoms with van der Waals surface area (Å²) in [7, 11) is 2.01. The maximum absolute atomic E-state index is 4.74. The minimum atomic E-state index is 0.714. The molecule has 8 bridgehead atoms. The van der Waals surface area contributed by atoms with Gasteiger partial charge in [-0.15, -0.1) is 0 Å². The third-order valence-electron chi connectivity index (χ3n) is 7.15. The quantitative estimate of drug-likeness (QED) is 0.369. The molecule has 35 heavy (non-hydrogen) atoms. The Morgan fingerprint density at radius 3 is 2.80 bits per heavy atom. The first kappa shape index (κ1) is 20.2. The van der Waals surface area contributed by atoms with Crippen molar-refractivity contribution in [3.63, 3.8) is 0 Å². The third-order valence-corrected chi connectivity index (χ3v) is 7.15. The molecular formula is C28H25N7. The van der Waals surface area contributed by atoms with E-state index in [1.54, 1.807) is 0 Å². The average molecular weight is 460 g/mol. The van der Waals surface area contributed by atoms with Crippen LogP contribution in [0, 0.1) is 0 Å². The molecule has 0 saturated heterocycles. The highest BCUT2D eigenvalue weighted by molar-refractivity contribution is 6.16. The molecule has 2 aromatic carbocycles. The highest BCUT2D eigenvalue weighted by Gasteiger charge is 2.24. The van der Waals surface area contributed by atoms with Gasteiger partial charge in [-0.05, 0) is 46.4 Å². The Balaban J connectivity index is 1.42. The fraction of sp³-hybridized carbons (Fsp3) is 0.179. The van der Waals surface area contributed by atoms with Crippen molar-refractivity contribution in [1.82, 2.24) is 25.5 Å². The van der Waals surface area contributed by atoms with Crippen molar-refractivity contribution in [2.24, 2.45) is 12.1 Å². The van der Waals surface area contributed by atoms with E-state index in [4.69, 9.17) is 5.10 Å². The van der Waals surface area contributed by atoms with E-state index in [0.717, 1.165) is 64.6 Å². The number of anilines is 1. The van der Waals surface area contributed by atoms with Crippen molar-refractivity contribution < 1.29 is 0 Å². The van der Waals surface area contributed by atoms with E-state index < -0.39 is 0 Å². The highest BCUT2D eigenvalue weighted by atomic mass is 15.3. The Morgan fingerprint density at radius 1 is 0.886 bits per heavy atom. The molecule has 2 aromatic heterocycles. The lowest BCUT2D eigenvalue weighted by Gasteiger charge is -2.25. The van der Waals surface area contributed by atoms with Crippen molar-refractivity contribution in [3.8, 4) is 22.3 Å². The topological polar surface area (TPSA) is 79.2 Å². The van der Waals surface area contributed by atoms with E-state index in [9.17, 15) is 0 Å². The predicted octanol–water partition coefficient (Wildman–Crippen LogP) is 4.11. The van der Waals surface area contributed by atoms with Crippen LogP contribution in [0.5, 0.6) is 0 Å². The summed E-state index contributed by atoms with van der Waals surface area (Å²) in [6, 6.07) is 15.4. The number of nitrogens with one attached hydrogen (secondary N) is 3. The van der Waals surface area contributed by atoms with Crippen molar-refractivity contribution in [3.05, 3.63) is 101 Å². The second-order valence-electron chi connectivity index (χ2n) is 9.26.